The zero-order valence-corrected chi connectivity index (χ0v) is 11.2. The predicted molar refractivity (Wildman–Crippen MR) is 71.0 cm³/mol. The van der Waals surface area contributed by atoms with Crippen LogP contribution in [0.4, 0.5) is 5.82 Å². The minimum Gasteiger partial charge on any atom is -0.464 e. The maximum absolute atomic E-state index is 11.3. The number of ether oxygens (including phenoxy) is 1. The summed E-state index contributed by atoms with van der Waals surface area (Å²) in [7, 11) is 1.35. The lowest BCUT2D eigenvalue weighted by Crippen LogP contribution is -2.29. The maximum atomic E-state index is 11.3. The van der Waals surface area contributed by atoms with E-state index in [9.17, 15) is 4.79 Å². The fourth-order valence-corrected chi connectivity index (χ4v) is 2.18. The van der Waals surface area contributed by atoms with Gasteiger partial charge in [0.25, 0.3) is 0 Å². The number of aromatic nitrogens is 2. The normalized spacial score (nSPS) is 18.2. The smallest absolute Gasteiger partial charge is 0.358 e. The van der Waals surface area contributed by atoms with E-state index in [4.69, 9.17) is 0 Å². The first kappa shape index (κ1) is 12.4. The molecule has 0 spiro atoms. The van der Waals surface area contributed by atoms with E-state index >= 15 is 0 Å². The Balaban J connectivity index is 1.70. The number of esters is 1. The Kier molecular flexibility index (Phi) is 3.36. The van der Waals surface area contributed by atoms with Crippen molar-refractivity contribution in [3.05, 3.63) is 18.1 Å². The molecular weight excluding hydrogens is 242 g/mol. The molecule has 2 aliphatic carbocycles. The van der Waals surface area contributed by atoms with Crippen molar-refractivity contribution < 1.29 is 9.53 Å². The molecule has 1 aromatic rings. The van der Waals surface area contributed by atoms with Crippen LogP contribution >= 0.6 is 0 Å². The van der Waals surface area contributed by atoms with Crippen LogP contribution in [0, 0.1) is 11.8 Å². The van der Waals surface area contributed by atoms with Gasteiger partial charge in [-0.3, -0.25) is 0 Å². The van der Waals surface area contributed by atoms with Crippen molar-refractivity contribution in [2.45, 2.75) is 25.7 Å². The van der Waals surface area contributed by atoms with Crippen molar-refractivity contribution >= 4 is 11.8 Å². The summed E-state index contributed by atoms with van der Waals surface area (Å²) in [6, 6.07) is 0. The Morgan fingerprint density at radius 1 is 1.21 bits per heavy atom. The molecule has 0 unspecified atom stereocenters. The van der Waals surface area contributed by atoms with E-state index < -0.39 is 5.97 Å². The van der Waals surface area contributed by atoms with E-state index in [-0.39, 0.29) is 5.69 Å². The van der Waals surface area contributed by atoms with E-state index in [0.29, 0.717) is 0 Å². The van der Waals surface area contributed by atoms with Crippen molar-refractivity contribution in [1.82, 2.24) is 9.97 Å². The van der Waals surface area contributed by atoms with Crippen molar-refractivity contribution in [2.75, 3.05) is 25.1 Å². The number of carbonyl (C=O) groups excluding carboxylic acids is 1. The summed E-state index contributed by atoms with van der Waals surface area (Å²) in [5, 5.41) is 0. The van der Waals surface area contributed by atoms with E-state index in [1.54, 1.807) is 6.20 Å². The van der Waals surface area contributed by atoms with Gasteiger partial charge < -0.3 is 9.64 Å². The molecule has 0 amide bonds. The van der Waals surface area contributed by atoms with Gasteiger partial charge in [-0.15, -0.1) is 0 Å². The second-order valence-corrected chi connectivity index (χ2v) is 5.54. The Bertz CT molecular complexity index is 438. The van der Waals surface area contributed by atoms with Crippen molar-refractivity contribution in [3.63, 3.8) is 0 Å². The quantitative estimate of drug-likeness (QED) is 0.732. The third kappa shape index (κ3) is 3.22. The fourth-order valence-electron chi connectivity index (χ4n) is 2.18. The van der Waals surface area contributed by atoms with Crippen molar-refractivity contribution in [2.24, 2.45) is 11.8 Å². The van der Waals surface area contributed by atoms with Gasteiger partial charge in [0.05, 0.1) is 19.5 Å². The first-order valence-corrected chi connectivity index (χ1v) is 6.91. The van der Waals surface area contributed by atoms with Gasteiger partial charge in [-0.2, -0.15) is 0 Å². The Morgan fingerprint density at radius 3 is 2.26 bits per heavy atom. The monoisotopic (exact) mass is 261 g/mol. The third-order valence-corrected chi connectivity index (χ3v) is 3.71. The molecule has 2 fully saturated rings. The van der Waals surface area contributed by atoms with Gasteiger partial charge in [-0.25, -0.2) is 14.8 Å². The van der Waals surface area contributed by atoms with E-state index in [1.165, 1.54) is 39.0 Å². The summed E-state index contributed by atoms with van der Waals surface area (Å²) in [5.74, 6) is 2.09. The topological polar surface area (TPSA) is 55.3 Å². The number of hydrogen-bond acceptors (Lipinski definition) is 5. The Morgan fingerprint density at radius 2 is 1.84 bits per heavy atom. The van der Waals surface area contributed by atoms with Crippen LogP contribution in [0.5, 0.6) is 0 Å². The average Bonchev–Trinajstić information content (AvgIpc) is 3.32. The van der Waals surface area contributed by atoms with Gasteiger partial charge in [0.1, 0.15) is 5.82 Å². The van der Waals surface area contributed by atoms with Crippen LogP contribution in [0.3, 0.4) is 0 Å². The molecule has 1 aromatic heterocycles. The number of rotatable bonds is 6. The van der Waals surface area contributed by atoms with Crippen LogP contribution in [0.1, 0.15) is 36.2 Å². The zero-order chi connectivity index (χ0) is 13.2. The zero-order valence-electron chi connectivity index (χ0n) is 11.2. The van der Waals surface area contributed by atoms with Crippen LogP contribution in [-0.2, 0) is 4.74 Å². The second kappa shape index (κ2) is 5.15. The highest BCUT2D eigenvalue weighted by Crippen LogP contribution is 2.35. The second-order valence-electron chi connectivity index (χ2n) is 5.54. The minimum atomic E-state index is -0.435. The summed E-state index contributed by atoms with van der Waals surface area (Å²) >= 11 is 0. The summed E-state index contributed by atoms with van der Waals surface area (Å²) in [6.07, 6.45) is 8.51. The standard InChI is InChI=1S/C14H19N3O2/c1-19-14(18)12-6-16-13(7-15-12)17(8-10-2-3-10)9-11-4-5-11/h6-7,10-11H,2-5,8-9H2,1H3. The first-order valence-electron chi connectivity index (χ1n) is 6.91. The molecule has 0 aliphatic heterocycles. The highest BCUT2D eigenvalue weighted by Gasteiger charge is 2.30. The largest absolute Gasteiger partial charge is 0.464 e. The molecular formula is C14H19N3O2. The maximum Gasteiger partial charge on any atom is 0.358 e. The third-order valence-electron chi connectivity index (χ3n) is 3.71. The highest BCUT2D eigenvalue weighted by molar-refractivity contribution is 5.86. The van der Waals surface area contributed by atoms with Crippen LogP contribution in [-0.4, -0.2) is 36.1 Å². The highest BCUT2D eigenvalue weighted by atomic mass is 16.5. The average molecular weight is 261 g/mol. The first-order chi connectivity index (χ1) is 9.26. The summed E-state index contributed by atoms with van der Waals surface area (Å²) in [4.78, 5) is 22.2. The van der Waals surface area contributed by atoms with Gasteiger partial charge in [-0.05, 0) is 37.5 Å². The molecule has 0 aromatic carbocycles. The number of nitrogens with zero attached hydrogens (tertiary/aromatic N) is 3. The number of anilines is 1. The Labute approximate surface area is 113 Å². The van der Waals surface area contributed by atoms with Crippen LogP contribution in [0.2, 0.25) is 0 Å². The van der Waals surface area contributed by atoms with Crippen molar-refractivity contribution in [3.8, 4) is 0 Å². The van der Waals surface area contributed by atoms with Gasteiger partial charge in [0.15, 0.2) is 5.69 Å². The SMILES string of the molecule is COC(=O)c1cnc(N(CC2CC2)CC2CC2)cn1. The molecule has 2 aliphatic rings. The molecule has 0 radical (unpaired) electrons. The summed E-state index contributed by atoms with van der Waals surface area (Å²) < 4.78 is 4.63. The van der Waals surface area contributed by atoms with Crippen LogP contribution in [0.15, 0.2) is 12.4 Å². The Hall–Kier alpha value is -1.65. The van der Waals surface area contributed by atoms with Crippen LogP contribution in [0.25, 0.3) is 0 Å². The molecule has 5 heteroatoms. The molecule has 0 atom stereocenters. The van der Waals surface area contributed by atoms with Crippen LogP contribution < -0.4 is 4.90 Å². The van der Waals surface area contributed by atoms with E-state index in [2.05, 4.69) is 19.6 Å². The molecule has 102 valence electrons. The number of carbonyl (C=O) groups is 1. The lowest BCUT2D eigenvalue weighted by Gasteiger charge is -2.23. The van der Waals surface area contributed by atoms with Crippen molar-refractivity contribution in [1.29, 1.82) is 0 Å². The molecule has 1 heterocycles. The molecule has 19 heavy (non-hydrogen) atoms. The molecule has 0 bridgehead atoms. The molecule has 0 saturated heterocycles. The summed E-state index contributed by atoms with van der Waals surface area (Å²) in [6.45, 7) is 2.14. The summed E-state index contributed by atoms with van der Waals surface area (Å²) in [5.41, 5.74) is 0.268. The molecule has 5 nitrogen and oxygen atoms in total. The minimum absolute atomic E-state index is 0.268. The fraction of sp³-hybridized carbons (Fsp3) is 0.643. The van der Waals surface area contributed by atoms with Gasteiger partial charge in [-0.1, -0.05) is 0 Å². The van der Waals surface area contributed by atoms with E-state index in [1.807, 2.05) is 0 Å². The number of methoxy groups -OCH3 is 1. The van der Waals surface area contributed by atoms with Gasteiger partial charge in [0.2, 0.25) is 0 Å². The molecule has 2 saturated carbocycles. The van der Waals surface area contributed by atoms with Gasteiger partial charge in [0, 0.05) is 13.1 Å². The lowest BCUT2D eigenvalue weighted by atomic mass is 10.3. The predicted octanol–water partition coefficient (Wildman–Crippen LogP) is 1.89. The number of hydrogen-bond donors (Lipinski definition) is 0. The molecule has 0 N–H and O–H groups in total. The van der Waals surface area contributed by atoms with Gasteiger partial charge >= 0.3 is 5.97 Å². The molecule has 3 rings (SSSR count). The lowest BCUT2D eigenvalue weighted by molar-refractivity contribution is 0.0593. The van der Waals surface area contributed by atoms with E-state index in [0.717, 1.165) is 30.7 Å².